The van der Waals surface area contributed by atoms with Gasteiger partial charge < -0.3 is 16.8 Å². The van der Waals surface area contributed by atoms with Crippen molar-refractivity contribution in [3.8, 4) is 0 Å². The molecule has 1 aliphatic carbocycles. The van der Waals surface area contributed by atoms with Gasteiger partial charge in [0.05, 0.1) is 0 Å². The van der Waals surface area contributed by atoms with E-state index in [0.29, 0.717) is 0 Å². The fourth-order valence-corrected chi connectivity index (χ4v) is 1.93. The molecule has 82 valence electrons. The Labute approximate surface area is 86.9 Å². The molecule has 1 aliphatic rings. The summed E-state index contributed by atoms with van der Waals surface area (Å²) in [7, 11) is 1.91. The van der Waals surface area contributed by atoms with Crippen LogP contribution in [-0.2, 0) is 0 Å². The van der Waals surface area contributed by atoms with Crippen LogP contribution in [-0.4, -0.2) is 25.7 Å². The monoisotopic (exact) mass is 197 g/mol. The maximum Gasteiger partial charge on any atom is 0.0322 e. The van der Waals surface area contributed by atoms with Gasteiger partial charge in [-0.2, -0.15) is 0 Å². The van der Waals surface area contributed by atoms with Gasteiger partial charge in [-0.3, -0.25) is 0 Å². The van der Waals surface area contributed by atoms with E-state index < -0.39 is 0 Å². The summed E-state index contributed by atoms with van der Waals surface area (Å²) < 4.78 is 0. The topological polar surface area (TPSA) is 64.1 Å². The minimum atomic E-state index is 0.0721. The molecule has 0 aromatic heterocycles. The third-order valence-electron chi connectivity index (χ3n) is 2.87. The lowest BCUT2D eigenvalue weighted by molar-refractivity contribution is 0.489. The molecule has 0 spiro atoms. The lowest BCUT2D eigenvalue weighted by Gasteiger charge is -2.22. The molecule has 5 N–H and O–H groups in total. The number of hydrogen-bond acceptors (Lipinski definition) is 3. The molecular formula is C11H23N3. The Morgan fingerprint density at radius 1 is 1.36 bits per heavy atom. The van der Waals surface area contributed by atoms with E-state index >= 15 is 0 Å². The molecule has 1 rings (SSSR count). The highest BCUT2D eigenvalue weighted by molar-refractivity contribution is 5.07. The zero-order chi connectivity index (χ0) is 10.4. The first-order chi connectivity index (χ1) is 6.74. The molecule has 0 aliphatic heterocycles. The van der Waals surface area contributed by atoms with Gasteiger partial charge in [0, 0.05) is 18.6 Å². The van der Waals surface area contributed by atoms with Crippen molar-refractivity contribution in [1.29, 1.82) is 0 Å². The highest BCUT2D eigenvalue weighted by Gasteiger charge is 2.15. The second-order valence-corrected chi connectivity index (χ2v) is 4.20. The van der Waals surface area contributed by atoms with Crippen molar-refractivity contribution >= 4 is 0 Å². The quantitative estimate of drug-likeness (QED) is 0.570. The first-order valence-corrected chi connectivity index (χ1v) is 5.57. The number of likely N-dealkylation sites (N-methyl/N-ethyl adjacent to an activating group) is 1. The molecule has 14 heavy (non-hydrogen) atoms. The van der Waals surface area contributed by atoms with Crippen LogP contribution in [0.25, 0.3) is 0 Å². The van der Waals surface area contributed by atoms with Crippen LogP contribution in [0.3, 0.4) is 0 Å². The highest BCUT2D eigenvalue weighted by atomic mass is 14.9. The summed E-state index contributed by atoms with van der Waals surface area (Å²) in [5.74, 6) is 0. The summed E-state index contributed by atoms with van der Waals surface area (Å²) in [4.78, 5) is 0. The lowest BCUT2D eigenvalue weighted by Crippen LogP contribution is -2.47. The van der Waals surface area contributed by atoms with Crippen LogP contribution in [0, 0.1) is 0 Å². The molecule has 0 fully saturated rings. The molecule has 2 atom stereocenters. The molecule has 0 aromatic carbocycles. The van der Waals surface area contributed by atoms with E-state index in [1.54, 1.807) is 0 Å². The smallest absolute Gasteiger partial charge is 0.0322 e. The Morgan fingerprint density at radius 2 is 2.14 bits per heavy atom. The first kappa shape index (κ1) is 11.7. The molecule has 0 bridgehead atoms. The van der Waals surface area contributed by atoms with Crippen LogP contribution in [0.4, 0.5) is 0 Å². The Balaban J connectivity index is 2.31. The summed E-state index contributed by atoms with van der Waals surface area (Å²) >= 11 is 0. The molecule has 0 aromatic rings. The van der Waals surface area contributed by atoms with Gasteiger partial charge in [0.15, 0.2) is 0 Å². The summed E-state index contributed by atoms with van der Waals surface area (Å²) in [5.41, 5.74) is 13.5. The van der Waals surface area contributed by atoms with E-state index in [2.05, 4.69) is 11.4 Å². The minimum absolute atomic E-state index is 0.0721. The minimum Gasteiger partial charge on any atom is -0.326 e. The van der Waals surface area contributed by atoms with Crippen molar-refractivity contribution in [3.05, 3.63) is 11.6 Å². The number of rotatable bonds is 5. The third-order valence-corrected chi connectivity index (χ3v) is 2.87. The first-order valence-electron chi connectivity index (χ1n) is 5.57. The van der Waals surface area contributed by atoms with Gasteiger partial charge in [0.2, 0.25) is 0 Å². The second kappa shape index (κ2) is 6.17. The normalized spacial score (nSPS) is 21.5. The average molecular weight is 197 g/mol. The number of nitrogens with two attached hydrogens (primary N) is 2. The van der Waals surface area contributed by atoms with Crippen LogP contribution in [0.1, 0.15) is 32.1 Å². The predicted octanol–water partition coefficient (Wildman–Crippen LogP) is 0.751. The van der Waals surface area contributed by atoms with Gasteiger partial charge in [-0.25, -0.2) is 0 Å². The Morgan fingerprint density at radius 3 is 2.71 bits per heavy atom. The maximum atomic E-state index is 6.03. The van der Waals surface area contributed by atoms with Crippen molar-refractivity contribution in [2.24, 2.45) is 11.5 Å². The maximum absolute atomic E-state index is 6.03. The second-order valence-electron chi connectivity index (χ2n) is 4.20. The average Bonchev–Trinajstić information content (AvgIpc) is 2.19. The molecule has 0 saturated heterocycles. The van der Waals surface area contributed by atoms with Crippen molar-refractivity contribution < 1.29 is 0 Å². The van der Waals surface area contributed by atoms with Crippen LogP contribution in [0.5, 0.6) is 0 Å². The highest BCUT2D eigenvalue weighted by Crippen LogP contribution is 2.21. The Bertz CT molecular complexity index is 189. The van der Waals surface area contributed by atoms with Gasteiger partial charge in [0.1, 0.15) is 0 Å². The summed E-state index contributed by atoms with van der Waals surface area (Å²) in [6, 6.07) is 0.176. The number of nitrogens with one attached hydrogen (secondary N) is 1. The third kappa shape index (κ3) is 3.78. The number of allylic oxidation sites excluding steroid dienone is 1. The Kier molecular flexibility index (Phi) is 5.15. The fraction of sp³-hybridized carbons (Fsp3) is 0.818. The fourth-order valence-electron chi connectivity index (χ4n) is 1.93. The van der Waals surface area contributed by atoms with E-state index in [1.165, 1.54) is 31.3 Å². The zero-order valence-electron chi connectivity index (χ0n) is 9.13. The van der Waals surface area contributed by atoms with Crippen molar-refractivity contribution in [2.45, 2.75) is 44.2 Å². The standard InChI is InChI=1S/C11H23N3/c1-14-8-11(13)10(12)7-9-5-3-2-4-6-9/h5,10-11,14H,2-4,6-8,12-13H2,1H3/t10-,11+/m0/s1. The molecule has 3 nitrogen and oxygen atoms in total. The van der Waals surface area contributed by atoms with E-state index in [-0.39, 0.29) is 12.1 Å². The zero-order valence-corrected chi connectivity index (χ0v) is 9.13. The van der Waals surface area contributed by atoms with Crippen molar-refractivity contribution in [2.75, 3.05) is 13.6 Å². The van der Waals surface area contributed by atoms with Gasteiger partial charge >= 0.3 is 0 Å². The van der Waals surface area contributed by atoms with Crippen LogP contribution in [0.15, 0.2) is 11.6 Å². The largest absolute Gasteiger partial charge is 0.326 e. The van der Waals surface area contributed by atoms with E-state index in [4.69, 9.17) is 11.5 Å². The van der Waals surface area contributed by atoms with Crippen LogP contribution < -0.4 is 16.8 Å². The van der Waals surface area contributed by atoms with Gasteiger partial charge in [0.25, 0.3) is 0 Å². The molecule has 0 unspecified atom stereocenters. The van der Waals surface area contributed by atoms with Crippen molar-refractivity contribution in [3.63, 3.8) is 0 Å². The van der Waals surface area contributed by atoms with Gasteiger partial charge in [-0.15, -0.1) is 0 Å². The lowest BCUT2D eigenvalue weighted by atomic mass is 9.92. The predicted molar refractivity (Wildman–Crippen MR) is 61.0 cm³/mol. The molecule has 3 heteroatoms. The van der Waals surface area contributed by atoms with Crippen LogP contribution in [0.2, 0.25) is 0 Å². The number of hydrogen-bond donors (Lipinski definition) is 3. The van der Waals surface area contributed by atoms with Crippen LogP contribution >= 0.6 is 0 Å². The van der Waals surface area contributed by atoms with Gasteiger partial charge in [-0.1, -0.05) is 11.6 Å². The summed E-state index contributed by atoms with van der Waals surface area (Å²) in [5, 5.41) is 3.06. The van der Waals surface area contributed by atoms with Gasteiger partial charge in [-0.05, 0) is 39.2 Å². The molecular weight excluding hydrogens is 174 g/mol. The molecule has 0 heterocycles. The van der Waals surface area contributed by atoms with Crippen molar-refractivity contribution in [1.82, 2.24) is 5.32 Å². The summed E-state index contributed by atoms with van der Waals surface area (Å²) in [6.45, 7) is 0.800. The van der Waals surface area contributed by atoms with E-state index in [0.717, 1.165) is 13.0 Å². The molecule has 0 saturated carbocycles. The molecule has 0 radical (unpaired) electrons. The SMILES string of the molecule is CNC[C@@H](N)[C@@H](N)CC1=CCCCC1. The van der Waals surface area contributed by atoms with E-state index in [1.807, 2.05) is 7.05 Å². The summed E-state index contributed by atoms with van der Waals surface area (Å²) in [6.07, 6.45) is 8.42. The van der Waals surface area contributed by atoms with E-state index in [9.17, 15) is 0 Å². The Hall–Kier alpha value is -0.380. The molecule has 0 amide bonds.